The number of aromatic nitrogens is 1. The lowest BCUT2D eigenvalue weighted by atomic mass is 9.44. The van der Waals surface area contributed by atoms with E-state index in [1.54, 1.807) is 0 Å². The smallest absolute Gasteiger partial charge is 0.333 e. The molecule has 78 heavy (non-hydrogen) atoms. The highest BCUT2D eigenvalue weighted by Crippen LogP contribution is 2.56. The molecular formula is C72H56BN3O2. The van der Waals surface area contributed by atoms with Crippen LogP contribution in [-0.4, -0.2) is 11.3 Å². The van der Waals surface area contributed by atoms with Crippen LogP contribution in [0.1, 0.15) is 76.3 Å². The zero-order chi connectivity index (χ0) is 52.6. The van der Waals surface area contributed by atoms with Gasteiger partial charge in [-0.15, -0.1) is 0 Å². The van der Waals surface area contributed by atoms with Gasteiger partial charge in [0.05, 0.1) is 11.2 Å². The molecule has 1 aliphatic carbocycles. The van der Waals surface area contributed by atoms with Gasteiger partial charge < -0.3 is 23.1 Å². The molecule has 13 aromatic rings. The van der Waals surface area contributed by atoms with Crippen LogP contribution in [0.2, 0.25) is 0 Å². The van der Waals surface area contributed by atoms with Crippen LogP contribution in [0.5, 0.6) is 0 Å². The van der Waals surface area contributed by atoms with Crippen LogP contribution in [0.3, 0.4) is 0 Å². The number of para-hydroxylation sites is 4. The van der Waals surface area contributed by atoms with Crippen LogP contribution in [0.25, 0.3) is 77.2 Å². The maximum atomic E-state index is 7.36. The SMILES string of the molecule is CC(C)(C)c1ccc(N2c3cc4c(cc3B3c5c2cc2c(oc6ccccc62)c5-c2cc(N(c5ccccc5)c5ccccc5)cc5c6oc7ccccc7c6n3c25)C(C)(C)c2ccccc2C4(C)C)c(-c2ccccc2)c1. The van der Waals surface area contributed by atoms with Gasteiger partial charge in [-0.1, -0.05) is 182 Å². The Balaban J connectivity index is 1.12. The maximum absolute atomic E-state index is 7.36. The average molecular weight is 1010 g/mol. The lowest BCUT2D eigenvalue weighted by molar-refractivity contribution is 0.521. The molecule has 0 spiro atoms. The second-order valence-corrected chi connectivity index (χ2v) is 24.0. The molecular weight excluding hydrogens is 950 g/mol. The summed E-state index contributed by atoms with van der Waals surface area (Å²) in [4.78, 5) is 5.03. The van der Waals surface area contributed by atoms with Crippen LogP contribution in [-0.2, 0) is 16.2 Å². The van der Waals surface area contributed by atoms with E-state index in [4.69, 9.17) is 8.83 Å². The molecule has 5 heterocycles. The van der Waals surface area contributed by atoms with Crippen molar-refractivity contribution < 1.29 is 8.83 Å². The third kappa shape index (κ3) is 6.09. The maximum Gasteiger partial charge on any atom is 0.333 e. The lowest BCUT2D eigenvalue weighted by Crippen LogP contribution is -2.57. The molecule has 0 fully saturated rings. The van der Waals surface area contributed by atoms with E-state index in [0.29, 0.717) is 0 Å². The summed E-state index contributed by atoms with van der Waals surface area (Å²) in [6.07, 6.45) is 0. The normalized spacial score (nSPS) is 14.8. The summed E-state index contributed by atoms with van der Waals surface area (Å²) < 4.78 is 17.3. The van der Waals surface area contributed by atoms with Gasteiger partial charge in [-0.2, -0.15) is 0 Å². The number of hydrogen-bond donors (Lipinski definition) is 0. The van der Waals surface area contributed by atoms with Gasteiger partial charge in [-0.3, -0.25) is 0 Å². The summed E-state index contributed by atoms with van der Waals surface area (Å²) in [5.74, 6) is 0. The van der Waals surface area contributed by atoms with Crippen LogP contribution < -0.4 is 20.7 Å². The lowest BCUT2D eigenvalue weighted by Gasteiger charge is -2.47. The average Bonchev–Trinajstić information content (AvgIpc) is 2.05. The Morgan fingerprint density at radius 3 is 1.68 bits per heavy atom. The number of anilines is 6. The molecule has 0 unspecified atom stereocenters. The molecule has 0 bridgehead atoms. The molecule has 374 valence electrons. The molecule has 0 saturated carbocycles. The minimum absolute atomic E-state index is 0.0872. The second-order valence-electron chi connectivity index (χ2n) is 24.0. The second kappa shape index (κ2) is 15.8. The summed E-state index contributed by atoms with van der Waals surface area (Å²) in [6, 6.07) is 78.6. The fourth-order valence-electron chi connectivity index (χ4n) is 14.2. The van der Waals surface area contributed by atoms with Crippen LogP contribution in [0.4, 0.5) is 34.1 Å². The molecule has 0 radical (unpaired) electrons. The van der Waals surface area contributed by atoms with Gasteiger partial charge >= 0.3 is 6.85 Å². The van der Waals surface area contributed by atoms with Crippen LogP contribution in [0.15, 0.2) is 221 Å². The molecule has 3 aliphatic rings. The van der Waals surface area contributed by atoms with E-state index < -0.39 is 0 Å². The molecule has 2 aliphatic heterocycles. The molecule has 6 heteroatoms. The number of nitrogens with zero attached hydrogens (tertiary/aromatic N) is 3. The zero-order valence-electron chi connectivity index (χ0n) is 44.9. The molecule has 5 nitrogen and oxygen atoms in total. The van der Waals surface area contributed by atoms with Crippen molar-refractivity contribution in [1.82, 2.24) is 4.48 Å². The van der Waals surface area contributed by atoms with E-state index in [0.717, 1.165) is 94.5 Å². The number of rotatable bonds is 5. The number of furan rings is 2. The van der Waals surface area contributed by atoms with Crippen molar-refractivity contribution in [2.45, 2.75) is 64.7 Å². The monoisotopic (exact) mass is 1010 g/mol. The highest BCUT2D eigenvalue weighted by molar-refractivity contribution is 6.90. The van der Waals surface area contributed by atoms with Crippen molar-refractivity contribution in [2.24, 2.45) is 0 Å². The topological polar surface area (TPSA) is 37.7 Å². The minimum atomic E-state index is -0.305. The van der Waals surface area contributed by atoms with E-state index in [1.807, 2.05) is 0 Å². The Labute approximate surface area is 454 Å². The summed E-state index contributed by atoms with van der Waals surface area (Å²) in [5.41, 5.74) is 25.4. The molecule has 16 rings (SSSR count). The highest BCUT2D eigenvalue weighted by atomic mass is 16.3. The van der Waals surface area contributed by atoms with E-state index in [1.165, 1.54) is 55.6 Å². The van der Waals surface area contributed by atoms with Gasteiger partial charge in [0, 0.05) is 83.0 Å². The number of benzene rings is 10. The Kier molecular flexibility index (Phi) is 9.16. The Hall–Kier alpha value is -9.00. The Morgan fingerprint density at radius 1 is 0.436 bits per heavy atom. The Morgan fingerprint density at radius 2 is 1.01 bits per heavy atom. The van der Waals surface area contributed by atoms with Crippen LogP contribution in [0, 0.1) is 0 Å². The van der Waals surface area contributed by atoms with E-state index in [2.05, 4.69) is 275 Å². The molecule has 0 saturated heterocycles. The van der Waals surface area contributed by atoms with Gasteiger partial charge in [0.1, 0.15) is 16.7 Å². The third-order valence-corrected chi connectivity index (χ3v) is 17.9. The quantitative estimate of drug-likeness (QED) is 0.161. The Bertz CT molecular complexity index is 4630. The summed E-state index contributed by atoms with van der Waals surface area (Å²) in [7, 11) is 0. The molecule has 0 amide bonds. The van der Waals surface area contributed by atoms with Crippen molar-refractivity contribution in [3.63, 3.8) is 0 Å². The highest BCUT2D eigenvalue weighted by Gasteiger charge is 2.49. The third-order valence-electron chi connectivity index (χ3n) is 17.9. The summed E-state index contributed by atoms with van der Waals surface area (Å²) >= 11 is 0. The largest absolute Gasteiger partial charge is 0.455 e. The van der Waals surface area contributed by atoms with Crippen LogP contribution >= 0.6 is 0 Å². The van der Waals surface area contributed by atoms with Gasteiger partial charge in [-0.05, 0) is 129 Å². The van der Waals surface area contributed by atoms with Crippen molar-refractivity contribution in [3.05, 3.63) is 240 Å². The van der Waals surface area contributed by atoms with Gasteiger partial charge in [0.25, 0.3) is 0 Å². The van der Waals surface area contributed by atoms with Gasteiger partial charge in [0.15, 0.2) is 5.58 Å². The first-order valence-electron chi connectivity index (χ1n) is 27.5. The standard InChI is InChI=1S/C72H56BN3O2/c1-70(2,3)44-35-36-59(50(37-44)43-23-11-8-12-24-43)75-60-42-57-56(71(4,5)54-31-19-20-32-55(54)72(57,6)7)41-58(60)73-65-61(75)40-51-48-29-17-21-33-62(48)77-68(51)64(65)52-38-47(74(45-25-13-9-14-26-45)46-27-15-10-16-28-46)39-53-66(52)76(73)67-49-30-18-22-34-63(49)78-69(53)67/h8-42H,1-7H3. The molecule has 10 aromatic carbocycles. The summed E-state index contributed by atoms with van der Waals surface area (Å²) in [5, 5.41) is 4.33. The fourth-order valence-corrected chi connectivity index (χ4v) is 14.2. The van der Waals surface area contributed by atoms with E-state index >= 15 is 0 Å². The van der Waals surface area contributed by atoms with Crippen molar-refractivity contribution in [2.75, 3.05) is 9.80 Å². The van der Waals surface area contributed by atoms with Crippen molar-refractivity contribution in [1.29, 1.82) is 0 Å². The predicted molar refractivity (Wildman–Crippen MR) is 327 cm³/mol. The minimum Gasteiger partial charge on any atom is -0.455 e. The van der Waals surface area contributed by atoms with Gasteiger partial charge in [-0.25, -0.2) is 0 Å². The van der Waals surface area contributed by atoms with Crippen molar-refractivity contribution in [3.8, 4) is 22.3 Å². The first-order chi connectivity index (χ1) is 37.9. The molecule has 0 N–H and O–H groups in total. The first-order valence-corrected chi connectivity index (χ1v) is 27.5. The summed E-state index contributed by atoms with van der Waals surface area (Å²) in [6.45, 7) is 16.4. The zero-order valence-corrected chi connectivity index (χ0v) is 44.9. The van der Waals surface area contributed by atoms with E-state index in [-0.39, 0.29) is 23.1 Å². The number of hydrogen-bond acceptors (Lipinski definition) is 4. The first kappa shape index (κ1) is 45.2. The number of fused-ring (bicyclic) bond motifs is 15. The molecule has 0 atom stereocenters. The molecule has 3 aromatic heterocycles. The fraction of sp³-hybridized carbons (Fsp3) is 0.139. The van der Waals surface area contributed by atoms with E-state index in [9.17, 15) is 0 Å². The van der Waals surface area contributed by atoms with Crippen molar-refractivity contribution >= 4 is 107 Å². The van der Waals surface area contributed by atoms with Gasteiger partial charge in [0.2, 0.25) is 0 Å². The predicted octanol–water partition coefficient (Wildman–Crippen LogP) is 18.3.